The Morgan fingerprint density at radius 2 is 2.00 bits per heavy atom. The highest BCUT2D eigenvalue weighted by Crippen LogP contribution is 2.39. The van der Waals surface area contributed by atoms with Gasteiger partial charge >= 0.3 is 5.97 Å². The van der Waals surface area contributed by atoms with Crippen LogP contribution in [0, 0.1) is 17.3 Å². The van der Waals surface area contributed by atoms with E-state index >= 15 is 0 Å². The summed E-state index contributed by atoms with van der Waals surface area (Å²) in [5.41, 5.74) is 0.279. The Balaban J connectivity index is 2.39. The van der Waals surface area contributed by atoms with Gasteiger partial charge in [0.15, 0.2) is 0 Å². The second-order valence-corrected chi connectivity index (χ2v) is 7.28. The summed E-state index contributed by atoms with van der Waals surface area (Å²) in [4.78, 5) is 22.6. The van der Waals surface area contributed by atoms with Gasteiger partial charge < -0.3 is 0 Å². The van der Waals surface area contributed by atoms with Gasteiger partial charge in [-0.1, -0.05) is 47.5 Å². The topological polar surface area (TPSA) is 35.5 Å². The third-order valence-electron chi connectivity index (χ3n) is 4.35. The first kappa shape index (κ1) is 17.5. The number of hydrogen-bond donors (Lipinski definition) is 0. The van der Waals surface area contributed by atoms with Gasteiger partial charge in [0.2, 0.25) is 0 Å². The first-order valence-electron chi connectivity index (χ1n) is 8.25. The van der Waals surface area contributed by atoms with E-state index in [4.69, 9.17) is 9.78 Å². The molecule has 1 saturated carbocycles. The number of carbonyl (C=O) groups is 1. The average molecular weight is 284 g/mol. The van der Waals surface area contributed by atoms with Gasteiger partial charge in [-0.05, 0) is 43.4 Å². The van der Waals surface area contributed by atoms with Gasteiger partial charge in [0.1, 0.15) is 6.10 Å². The number of hydrogen-bond acceptors (Lipinski definition) is 3. The molecule has 3 nitrogen and oxygen atoms in total. The first-order valence-corrected chi connectivity index (χ1v) is 8.25. The summed E-state index contributed by atoms with van der Waals surface area (Å²) in [6.45, 7) is 10.9. The molecule has 0 spiro atoms. The summed E-state index contributed by atoms with van der Waals surface area (Å²) in [7, 11) is 0. The molecule has 0 aromatic carbocycles. The number of rotatable bonds is 7. The second kappa shape index (κ2) is 8.02. The van der Waals surface area contributed by atoms with E-state index < -0.39 is 0 Å². The van der Waals surface area contributed by atoms with Crippen molar-refractivity contribution in [3.05, 3.63) is 0 Å². The molecule has 0 aromatic rings. The van der Waals surface area contributed by atoms with Crippen molar-refractivity contribution in [2.75, 3.05) is 0 Å². The van der Waals surface area contributed by atoms with Gasteiger partial charge in [-0.3, -0.25) is 4.89 Å². The lowest BCUT2D eigenvalue weighted by Gasteiger charge is -2.37. The minimum atomic E-state index is -0.183. The van der Waals surface area contributed by atoms with Crippen LogP contribution >= 0.6 is 0 Å². The molecule has 3 unspecified atom stereocenters. The van der Waals surface area contributed by atoms with Crippen molar-refractivity contribution in [2.24, 2.45) is 17.3 Å². The smallest absolute Gasteiger partial charge is 0.298 e. The molecule has 20 heavy (non-hydrogen) atoms. The van der Waals surface area contributed by atoms with E-state index in [1.807, 2.05) is 6.92 Å². The fourth-order valence-corrected chi connectivity index (χ4v) is 3.45. The molecular weight excluding hydrogens is 252 g/mol. The number of carbonyl (C=O) groups excluding carboxylic acids is 1. The van der Waals surface area contributed by atoms with Gasteiger partial charge in [-0.15, -0.1) is 0 Å². The van der Waals surface area contributed by atoms with Crippen molar-refractivity contribution in [2.45, 2.75) is 85.7 Å². The normalized spacial score (nSPS) is 27.1. The molecule has 0 radical (unpaired) electrons. The fourth-order valence-electron chi connectivity index (χ4n) is 3.45. The standard InChI is InChI=1S/C17H32O3/c1-6-8-9-14(7-2)16(18)20-19-15-10-13(3)11-17(4,5)12-15/h13-15H,6-12H2,1-5H3. The predicted octanol–water partition coefficient (Wildman–Crippen LogP) is 4.89. The maximum absolute atomic E-state index is 12.0. The summed E-state index contributed by atoms with van der Waals surface area (Å²) in [6.07, 6.45) is 7.14. The molecule has 3 heteroatoms. The molecule has 0 aromatic heterocycles. The summed E-state index contributed by atoms with van der Waals surface area (Å²) >= 11 is 0. The van der Waals surface area contributed by atoms with Gasteiger partial charge in [0.25, 0.3) is 0 Å². The van der Waals surface area contributed by atoms with Gasteiger partial charge in [-0.2, -0.15) is 4.89 Å². The van der Waals surface area contributed by atoms with E-state index in [2.05, 4.69) is 27.7 Å². The molecule has 0 saturated heterocycles. The van der Waals surface area contributed by atoms with E-state index in [9.17, 15) is 4.79 Å². The summed E-state index contributed by atoms with van der Waals surface area (Å²) in [5, 5.41) is 0. The van der Waals surface area contributed by atoms with Crippen LogP contribution in [0.25, 0.3) is 0 Å². The fraction of sp³-hybridized carbons (Fsp3) is 0.941. The molecule has 1 fully saturated rings. The van der Waals surface area contributed by atoms with Crippen LogP contribution < -0.4 is 0 Å². The molecule has 3 atom stereocenters. The van der Waals surface area contributed by atoms with Crippen LogP contribution in [0.5, 0.6) is 0 Å². The van der Waals surface area contributed by atoms with Crippen LogP contribution in [0.4, 0.5) is 0 Å². The molecule has 0 N–H and O–H groups in total. The summed E-state index contributed by atoms with van der Waals surface area (Å²) < 4.78 is 0. The molecule has 0 bridgehead atoms. The third-order valence-corrected chi connectivity index (χ3v) is 4.35. The summed E-state index contributed by atoms with van der Waals surface area (Å²) in [5.74, 6) is 0.436. The molecule has 0 amide bonds. The highest BCUT2D eigenvalue weighted by atomic mass is 17.2. The Labute approximate surface area is 124 Å². The second-order valence-electron chi connectivity index (χ2n) is 7.28. The van der Waals surface area contributed by atoms with E-state index in [1.165, 1.54) is 6.42 Å². The zero-order chi connectivity index (χ0) is 15.2. The SMILES string of the molecule is CCCCC(CC)C(=O)OOC1CC(C)CC(C)(C)C1. The highest BCUT2D eigenvalue weighted by Gasteiger charge is 2.34. The van der Waals surface area contributed by atoms with Crippen LogP contribution in [-0.4, -0.2) is 12.1 Å². The third kappa shape index (κ3) is 5.82. The van der Waals surface area contributed by atoms with Crippen molar-refractivity contribution >= 4 is 5.97 Å². The van der Waals surface area contributed by atoms with E-state index in [0.717, 1.165) is 38.5 Å². The monoisotopic (exact) mass is 284 g/mol. The van der Waals surface area contributed by atoms with E-state index in [0.29, 0.717) is 5.92 Å². The highest BCUT2D eigenvalue weighted by molar-refractivity contribution is 5.71. The Kier molecular flexibility index (Phi) is 7.01. The first-order chi connectivity index (χ1) is 9.38. The van der Waals surface area contributed by atoms with Crippen LogP contribution in [0.2, 0.25) is 0 Å². The van der Waals surface area contributed by atoms with E-state index in [1.54, 1.807) is 0 Å². The van der Waals surface area contributed by atoms with Crippen molar-refractivity contribution < 1.29 is 14.6 Å². The quantitative estimate of drug-likeness (QED) is 0.493. The molecule has 1 aliphatic carbocycles. The van der Waals surface area contributed by atoms with Crippen LogP contribution in [-0.2, 0) is 14.6 Å². The Hall–Kier alpha value is -0.570. The van der Waals surface area contributed by atoms with Crippen molar-refractivity contribution in [3.63, 3.8) is 0 Å². The lowest BCUT2D eigenvalue weighted by molar-refractivity contribution is -0.311. The van der Waals surface area contributed by atoms with Crippen LogP contribution in [0.3, 0.4) is 0 Å². The number of unbranched alkanes of at least 4 members (excludes halogenated alkanes) is 1. The van der Waals surface area contributed by atoms with Crippen LogP contribution in [0.1, 0.15) is 79.6 Å². The maximum Gasteiger partial charge on any atom is 0.345 e. The zero-order valence-electron chi connectivity index (χ0n) is 13.9. The lowest BCUT2D eigenvalue weighted by Crippen LogP contribution is -2.33. The van der Waals surface area contributed by atoms with Crippen LogP contribution in [0.15, 0.2) is 0 Å². The largest absolute Gasteiger partial charge is 0.345 e. The molecule has 0 heterocycles. The van der Waals surface area contributed by atoms with Gasteiger partial charge in [0, 0.05) is 0 Å². The summed E-state index contributed by atoms with van der Waals surface area (Å²) in [6, 6.07) is 0. The molecule has 1 rings (SSSR count). The minimum Gasteiger partial charge on any atom is -0.298 e. The van der Waals surface area contributed by atoms with E-state index in [-0.39, 0.29) is 23.4 Å². The predicted molar refractivity (Wildman–Crippen MR) is 81.1 cm³/mol. The maximum atomic E-state index is 12.0. The molecule has 118 valence electrons. The lowest BCUT2D eigenvalue weighted by atomic mass is 9.71. The average Bonchev–Trinajstić information content (AvgIpc) is 2.35. The molecule has 0 aliphatic heterocycles. The van der Waals surface area contributed by atoms with Crippen molar-refractivity contribution in [1.29, 1.82) is 0 Å². The zero-order valence-corrected chi connectivity index (χ0v) is 13.9. The van der Waals surface area contributed by atoms with Gasteiger partial charge in [0.05, 0.1) is 5.92 Å². The van der Waals surface area contributed by atoms with Crippen molar-refractivity contribution in [3.8, 4) is 0 Å². The minimum absolute atomic E-state index is 0.0102. The van der Waals surface area contributed by atoms with Crippen molar-refractivity contribution in [1.82, 2.24) is 0 Å². The van der Waals surface area contributed by atoms with Gasteiger partial charge in [-0.25, -0.2) is 4.79 Å². The Morgan fingerprint density at radius 3 is 2.55 bits per heavy atom. The molecule has 1 aliphatic rings. The Morgan fingerprint density at radius 1 is 1.30 bits per heavy atom. The molecular formula is C17H32O3. The Bertz CT molecular complexity index is 299.